The number of aromatic nitrogens is 5. The fraction of sp³-hybridized carbons (Fsp3) is 0.273. The number of hydrogen-bond donors (Lipinski definition) is 6. The number of phenols is 2. The van der Waals surface area contributed by atoms with E-state index in [-0.39, 0.29) is 33.6 Å². The molecule has 1 fully saturated rings. The average Bonchev–Trinajstić information content (AvgIpc) is 3.56. The highest BCUT2D eigenvalue weighted by atomic mass is 32.2. The molecule has 0 spiro atoms. The van der Waals surface area contributed by atoms with Gasteiger partial charge in [0.25, 0.3) is 11.8 Å². The third-order valence-electron chi connectivity index (χ3n) is 6.12. The van der Waals surface area contributed by atoms with E-state index in [1.54, 1.807) is 7.05 Å². The lowest BCUT2D eigenvalue weighted by Crippen LogP contribution is -2.71. The first kappa shape index (κ1) is 28.2. The van der Waals surface area contributed by atoms with Crippen LogP contribution in [0.5, 0.6) is 11.5 Å². The van der Waals surface area contributed by atoms with Crippen LogP contribution in [-0.4, -0.2) is 92.0 Å². The van der Waals surface area contributed by atoms with Gasteiger partial charge in [0.2, 0.25) is 11.1 Å². The Bertz CT molecular complexity index is 1590. The molecule has 19 heteroatoms. The van der Waals surface area contributed by atoms with Gasteiger partial charge in [0.15, 0.2) is 22.7 Å². The predicted octanol–water partition coefficient (Wildman–Crippen LogP) is -0.338. The number of amides is 3. The molecule has 41 heavy (non-hydrogen) atoms. The van der Waals surface area contributed by atoms with Gasteiger partial charge in [-0.25, -0.2) is 14.5 Å². The number of β-lactam (4-membered cyclic amide) rings is 1. The van der Waals surface area contributed by atoms with Gasteiger partial charge in [-0.05, 0) is 34.2 Å². The number of carbonyl (C=O) groups excluding carboxylic acids is 3. The normalized spacial score (nSPS) is 18.9. The Hall–Kier alpha value is -4.36. The molecule has 0 radical (unpaired) electrons. The van der Waals surface area contributed by atoms with Crippen LogP contribution in [0.2, 0.25) is 0 Å². The zero-order valence-corrected chi connectivity index (χ0v) is 23.4. The monoisotopic (exact) mass is 619 g/mol. The van der Waals surface area contributed by atoms with Crippen LogP contribution in [0.15, 0.2) is 40.0 Å². The van der Waals surface area contributed by atoms with Gasteiger partial charge in [-0.3, -0.25) is 19.3 Å². The van der Waals surface area contributed by atoms with Crippen molar-refractivity contribution in [3.63, 3.8) is 0 Å². The Morgan fingerprint density at radius 1 is 1.27 bits per heavy atom. The number of thiazole rings is 1. The van der Waals surface area contributed by atoms with Crippen LogP contribution in [0.25, 0.3) is 0 Å². The Labute approximate surface area is 243 Å². The third-order valence-corrected chi connectivity index (χ3v) is 9.24. The molecular weight excluding hydrogens is 598 g/mol. The van der Waals surface area contributed by atoms with Crippen LogP contribution in [0.3, 0.4) is 0 Å². The minimum atomic E-state index is -1.37. The molecule has 1 unspecified atom stereocenters. The van der Waals surface area contributed by atoms with Gasteiger partial charge in [-0.15, -0.1) is 28.2 Å². The zero-order chi connectivity index (χ0) is 29.4. The number of thioether (sulfide) groups is 2. The number of aryl methyl sites for hydroxylation is 1. The average molecular weight is 620 g/mol. The molecule has 4 heterocycles. The number of fused-ring (bicyclic) bond motifs is 1. The number of benzene rings is 1. The summed E-state index contributed by atoms with van der Waals surface area (Å²) in [4.78, 5) is 56.8. The first-order chi connectivity index (χ1) is 19.5. The van der Waals surface area contributed by atoms with E-state index in [1.807, 2.05) is 0 Å². The van der Waals surface area contributed by atoms with Crippen LogP contribution in [0.4, 0.5) is 5.13 Å². The standard InChI is InChI=1S/C22H21N9O7S3/c1-30-22(27-28-29-30)41-6-9-5-39-19-14(18(36)31(19)15(9)20(37)38)26-17(35)13(10-7-40-21(23)24-10)25-16(34)8-2-3-11(32)12(33)4-8/h2-4,7,13-14,19,32-33H,5-6H2,1H3,(H2,23,24)(H,25,34)(H,26,35)(H,37,38)/t13?,14-,19+/m1/s1. The van der Waals surface area contributed by atoms with E-state index in [4.69, 9.17) is 5.73 Å². The van der Waals surface area contributed by atoms with Crippen molar-refractivity contribution in [2.24, 2.45) is 7.05 Å². The summed E-state index contributed by atoms with van der Waals surface area (Å²) in [5.41, 5.74) is 6.14. The summed E-state index contributed by atoms with van der Waals surface area (Å²) in [6.07, 6.45) is 0. The second-order valence-electron chi connectivity index (χ2n) is 8.75. The van der Waals surface area contributed by atoms with E-state index in [2.05, 4.69) is 31.1 Å². The van der Waals surface area contributed by atoms with Crippen molar-refractivity contribution in [1.29, 1.82) is 0 Å². The summed E-state index contributed by atoms with van der Waals surface area (Å²) in [5.74, 6) is -3.87. The number of nitrogens with one attached hydrogen (secondary N) is 2. The molecule has 2 aliphatic heterocycles. The number of carbonyl (C=O) groups is 4. The first-order valence-electron chi connectivity index (χ1n) is 11.6. The Kier molecular flexibility index (Phi) is 7.74. The van der Waals surface area contributed by atoms with Crippen LogP contribution in [0.1, 0.15) is 22.1 Å². The SMILES string of the molecule is Cn1nnnc1SCC1=C(C(=O)O)N2C(=O)[C@@H](NC(=O)C(NC(=O)c3ccc(O)c(O)c3)c3csc(N)n3)[C@@H]2SC1. The molecule has 1 aromatic carbocycles. The van der Waals surface area contributed by atoms with Gasteiger partial charge < -0.3 is 31.7 Å². The minimum Gasteiger partial charge on any atom is -0.504 e. The van der Waals surface area contributed by atoms with Crippen molar-refractivity contribution in [1.82, 2.24) is 40.7 Å². The van der Waals surface area contributed by atoms with Crippen LogP contribution >= 0.6 is 34.9 Å². The molecule has 1 saturated heterocycles. The van der Waals surface area contributed by atoms with Gasteiger partial charge in [0.1, 0.15) is 17.1 Å². The summed E-state index contributed by atoms with van der Waals surface area (Å²) in [5, 5.41) is 46.8. The van der Waals surface area contributed by atoms with Gasteiger partial charge >= 0.3 is 5.97 Å². The smallest absolute Gasteiger partial charge is 0.352 e. The molecule has 214 valence electrons. The van der Waals surface area contributed by atoms with Crippen molar-refractivity contribution < 1.29 is 34.5 Å². The third kappa shape index (κ3) is 5.50. The fourth-order valence-corrected chi connectivity index (χ4v) is 7.04. The number of aliphatic carboxylic acids is 1. The Balaban J connectivity index is 1.32. The highest BCUT2D eigenvalue weighted by Gasteiger charge is 2.54. The quantitative estimate of drug-likeness (QED) is 0.102. The van der Waals surface area contributed by atoms with Crippen molar-refractivity contribution in [2.75, 3.05) is 17.2 Å². The number of carboxylic acids is 1. The van der Waals surface area contributed by atoms with Crippen molar-refractivity contribution in [3.8, 4) is 11.5 Å². The molecule has 3 amide bonds. The molecule has 2 aromatic heterocycles. The molecule has 0 saturated carbocycles. The van der Waals surface area contributed by atoms with Crippen LogP contribution in [-0.2, 0) is 21.4 Å². The van der Waals surface area contributed by atoms with E-state index >= 15 is 0 Å². The molecule has 3 atom stereocenters. The van der Waals surface area contributed by atoms with E-state index in [0.29, 0.717) is 10.7 Å². The molecule has 7 N–H and O–H groups in total. The number of rotatable bonds is 9. The number of anilines is 1. The Morgan fingerprint density at radius 3 is 2.68 bits per heavy atom. The van der Waals surface area contributed by atoms with Gasteiger partial charge in [-0.2, -0.15) is 0 Å². The second kappa shape index (κ2) is 11.3. The van der Waals surface area contributed by atoms with E-state index in [9.17, 15) is 34.5 Å². The summed E-state index contributed by atoms with van der Waals surface area (Å²) in [6.45, 7) is 0. The maximum Gasteiger partial charge on any atom is 0.352 e. The van der Waals surface area contributed by atoms with Gasteiger partial charge in [0, 0.05) is 29.5 Å². The summed E-state index contributed by atoms with van der Waals surface area (Å²) >= 11 is 3.56. The maximum atomic E-state index is 13.4. The van der Waals surface area contributed by atoms with E-state index in [1.165, 1.54) is 39.7 Å². The van der Waals surface area contributed by atoms with Crippen LogP contribution < -0.4 is 16.4 Å². The molecular formula is C22H21N9O7S3. The van der Waals surface area contributed by atoms with E-state index < -0.39 is 52.6 Å². The first-order valence-corrected chi connectivity index (χ1v) is 14.6. The van der Waals surface area contributed by atoms with Crippen molar-refractivity contribution in [2.45, 2.75) is 22.6 Å². The fourth-order valence-electron chi connectivity index (χ4n) is 4.11. The minimum absolute atomic E-state index is 0.0474. The molecule has 2 aliphatic rings. The number of hydrogen-bond acceptors (Lipinski definition) is 14. The molecule has 5 rings (SSSR count). The van der Waals surface area contributed by atoms with Gasteiger partial charge in [0.05, 0.1) is 5.69 Å². The predicted molar refractivity (Wildman–Crippen MR) is 146 cm³/mol. The molecule has 3 aromatic rings. The number of phenolic OH excluding ortho intramolecular Hbond substituents is 2. The largest absolute Gasteiger partial charge is 0.504 e. The van der Waals surface area contributed by atoms with Gasteiger partial charge in [-0.1, -0.05) is 11.8 Å². The second-order valence-corrected chi connectivity index (χ2v) is 11.7. The van der Waals surface area contributed by atoms with Crippen molar-refractivity contribution >= 4 is 63.7 Å². The lowest BCUT2D eigenvalue weighted by molar-refractivity contribution is -0.151. The summed E-state index contributed by atoms with van der Waals surface area (Å²) in [7, 11) is 1.65. The molecule has 0 bridgehead atoms. The summed E-state index contributed by atoms with van der Waals surface area (Å²) in [6, 6.07) is 0.956. The highest BCUT2D eigenvalue weighted by molar-refractivity contribution is 8.01. The number of tetrazole rings is 1. The number of carboxylic acid groups (broad SMARTS) is 1. The Morgan fingerprint density at radius 2 is 2.05 bits per heavy atom. The number of nitrogens with two attached hydrogens (primary N) is 1. The van der Waals surface area contributed by atoms with E-state index in [0.717, 1.165) is 28.4 Å². The molecule has 0 aliphatic carbocycles. The number of aromatic hydroxyl groups is 2. The number of nitrogen functional groups attached to an aromatic ring is 1. The summed E-state index contributed by atoms with van der Waals surface area (Å²) < 4.78 is 1.44. The lowest BCUT2D eigenvalue weighted by Gasteiger charge is -2.49. The highest BCUT2D eigenvalue weighted by Crippen LogP contribution is 2.41. The maximum absolute atomic E-state index is 13.4. The molecule has 16 nitrogen and oxygen atoms in total. The lowest BCUT2D eigenvalue weighted by atomic mass is 10.0. The topological polar surface area (TPSA) is 239 Å². The number of nitrogens with zero attached hydrogens (tertiary/aromatic N) is 6. The van der Waals surface area contributed by atoms with Crippen molar-refractivity contribution in [3.05, 3.63) is 46.1 Å². The van der Waals surface area contributed by atoms with Crippen LogP contribution in [0, 0.1) is 0 Å². The zero-order valence-electron chi connectivity index (χ0n) is 20.9.